The van der Waals surface area contributed by atoms with Gasteiger partial charge in [-0.05, 0) is 29.8 Å². The Balaban J connectivity index is 1.32. The van der Waals surface area contributed by atoms with Crippen molar-refractivity contribution in [1.29, 1.82) is 0 Å². The Hall–Kier alpha value is -3.59. The molecule has 0 bridgehead atoms. The summed E-state index contributed by atoms with van der Waals surface area (Å²) in [5.74, 6) is 0.912. The van der Waals surface area contributed by atoms with E-state index in [-0.39, 0.29) is 10.6 Å². The molecule has 8 nitrogen and oxygen atoms in total. The van der Waals surface area contributed by atoms with Gasteiger partial charge in [-0.2, -0.15) is 0 Å². The number of benzene rings is 2. The van der Waals surface area contributed by atoms with E-state index in [0.717, 1.165) is 17.5 Å². The van der Waals surface area contributed by atoms with Gasteiger partial charge < -0.3 is 14.3 Å². The van der Waals surface area contributed by atoms with E-state index < -0.39 is 15.4 Å². The molecule has 4 rings (SSSR count). The molecule has 2 aromatic heterocycles. The highest BCUT2D eigenvalue weighted by Crippen LogP contribution is 2.19. The molecule has 0 fully saturated rings. The summed E-state index contributed by atoms with van der Waals surface area (Å²) in [6.07, 6.45) is 3.34. The summed E-state index contributed by atoms with van der Waals surface area (Å²) >= 11 is 0. The lowest BCUT2D eigenvalue weighted by atomic mass is 10.2. The van der Waals surface area contributed by atoms with Gasteiger partial charge in [0, 0.05) is 18.2 Å². The maximum Gasteiger partial charge on any atom is 0.282 e. The van der Waals surface area contributed by atoms with Gasteiger partial charge in [0.15, 0.2) is 14.7 Å². The van der Waals surface area contributed by atoms with Crippen LogP contribution in [0.2, 0.25) is 0 Å². The van der Waals surface area contributed by atoms with Crippen LogP contribution in [0.5, 0.6) is 5.75 Å². The first-order valence-electron chi connectivity index (χ1n) is 9.22. The summed E-state index contributed by atoms with van der Waals surface area (Å²) in [4.78, 5) is 15.7. The number of hydrogen-bond donors (Lipinski definition) is 2. The van der Waals surface area contributed by atoms with Crippen LogP contribution in [0.1, 0.15) is 11.3 Å². The minimum atomic E-state index is -3.72. The van der Waals surface area contributed by atoms with Crippen LogP contribution in [0, 0.1) is 0 Å². The molecule has 9 heteroatoms. The highest BCUT2D eigenvalue weighted by Gasteiger charge is 2.20. The van der Waals surface area contributed by atoms with Crippen LogP contribution in [0.3, 0.4) is 0 Å². The van der Waals surface area contributed by atoms with E-state index in [9.17, 15) is 13.2 Å². The van der Waals surface area contributed by atoms with Gasteiger partial charge >= 0.3 is 0 Å². The standard InChI is InChI=1S/C21H19N3O5S/c25-20-19(12-22-24-20)30(26,27)14-15-6-8-18(9-7-15)28-11-10-17-13-29-21(23-17)16-4-2-1-3-5-16/h1-9,12-13H,10-11,14H2,(H2,22,24,25). The van der Waals surface area contributed by atoms with Gasteiger partial charge in [-0.1, -0.05) is 30.3 Å². The third-order valence-electron chi connectivity index (χ3n) is 4.43. The Morgan fingerprint density at radius 3 is 2.50 bits per heavy atom. The van der Waals surface area contributed by atoms with E-state index in [1.54, 1.807) is 30.5 Å². The van der Waals surface area contributed by atoms with Crippen molar-refractivity contribution in [2.75, 3.05) is 6.61 Å². The monoisotopic (exact) mass is 425 g/mol. The van der Waals surface area contributed by atoms with Gasteiger partial charge in [0.2, 0.25) is 5.89 Å². The van der Waals surface area contributed by atoms with Crippen LogP contribution in [-0.4, -0.2) is 30.2 Å². The third kappa shape index (κ3) is 4.52. The number of hydrogen-bond acceptors (Lipinski definition) is 6. The number of aromatic nitrogens is 3. The zero-order valence-electron chi connectivity index (χ0n) is 15.9. The van der Waals surface area contributed by atoms with Crippen LogP contribution in [-0.2, 0) is 22.0 Å². The molecule has 2 heterocycles. The van der Waals surface area contributed by atoms with Crippen molar-refractivity contribution in [3.63, 3.8) is 0 Å². The Bertz CT molecular complexity index is 1270. The maximum atomic E-state index is 12.3. The van der Waals surface area contributed by atoms with E-state index in [1.165, 1.54) is 0 Å². The Morgan fingerprint density at radius 1 is 1.03 bits per heavy atom. The first-order chi connectivity index (χ1) is 14.5. The number of sulfone groups is 1. The fourth-order valence-corrected chi connectivity index (χ4v) is 4.27. The number of aromatic amines is 2. The van der Waals surface area contributed by atoms with Gasteiger partial charge in [0.05, 0.1) is 18.1 Å². The van der Waals surface area contributed by atoms with Gasteiger partial charge in [-0.3, -0.25) is 9.89 Å². The molecule has 0 aliphatic rings. The summed E-state index contributed by atoms with van der Waals surface area (Å²) < 4.78 is 35.8. The van der Waals surface area contributed by atoms with E-state index in [0.29, 0.717) is 30.2 Å². The van der Waals surface area contributed by atoms with Gasteiger partial charge in [0.1, 0.15) is 12.0 Å². The quantitative estimate of drug-likeness (QED) is 0.448. The van der Waals surface area contributed by atoms with E-state index in [4.69, 9.17) is 9.15 Å². The molecule has 30 heavy (non-hydrogen) atoms. The fraction of sp³-hybridized carbons (Fsp3) is 0.143. The second-order valence-corrected chi connectivity index (χ2v) is 8.58. The molecule has 154 valence electrons. The predicted molar refractivity (Wildman–Crippen MR) is 110 cm³/mol. The maximum absolute atomic E-state index is 12.3. The van der Waals surface area contributed by atoms with E-state index in [1.807, 2.05) is 30.3 Å². The average molecular weight is 425 g/mol. The van der Waals surface area contributed by atoms with Crippen molar-refractivity contribution < 1.29 is 17.6 Å². The lowest BCUT2D eigenvalue weighted by molar-refractivity contribution is 0.320. The third-order valence-corrected chi connectivity index (χ3v) is 6.11. The smallest absolute Gasteiger partial charge is 0.282 e. The first-order valence-corrected chi connectivity index (χ1v) is 10.9. The number of nitrogens with one attached hydrogen (secondary N) is 2. The minimum absolute atomic E-state index is 0.268. The van der Waals surface area contributed by atoms with Crippen LogP contribution in [0.15, 0.2) is 81.2 Å². The zero-order chi connectivity index (χ0) is 21.0. The van der Waals surface area contributed by atoms with Crippen molar-refractivity contribution >= 4 is 9.84 Å². The largest absolute Gasteiger partial charge is 0.493 e. The van der Waals surface area contributed by atoms with Crippen LogP contribution in [0.25, 0.3) is 11.5 Å². The molecule has 4 aromatic rings. The van der Waals surface area contributed by atoms with Crippen LogP contribution in [0.4, 0.5) is 0 Å². The summed E-state index contributed by atoms with van der Waals surface area (Å²) in [6.45, 7) is 0.400. The highest BCUT2D eigenvalue weighted by atomic mass is 32.2. The normalized spacial score (nSPS) is 11.5. The predicted octanol–water partition coefficient (Wildman–Crippen LogP) is 2.95. The Labute approximate surface area is 172 Å². The molecule has 0 radical (unpaired) electrons. The second-order valence-electron chi connectivity index (χ2n) is 6.62. The minimum Gasteiger partial charge on any atom is -0.493 e. The summed E-state index contributed by atoms with van der Waals surface area (Å²) in [6, 6.07) is 16.4. The number of rotatable bonds is 8. The fourth-order valence-electron chi connectivity index (χ4n) is 2.91. The van der Waals surface area contributed by atoms with Crippen LogP contribution >= 0.6 is 0 Å². The van der Waals surface area contributed by atoms with E-state index >= 15 is 0 Å². The molecule has 0 aliphatic carbocycles. The zero-order valence-corrected chi connectivity index (χ0v) is 16.7. The molecule has 2 N–H and O–H groups in total. The molecule has 0 spiro atoms. The number of oxazole rings is 1. The summed E-state index contributed by atoms with van der Waals surface area (Å²) in [5, 5.41) is 4.62. The molecule has 0 atom stereocenters. The molecule has 0 saturated heterocycles. The van der Waals surface area contributed by atoms with Crippen molar-refractivity contribution in [2.45, 2.75) is 17.1 Å². The molecular formula is C21H19N3O5S. The van der Waals surface area contributed by atoms with Gasteiger partial charge in [-0.15, -0.1) is 0 Å². The molecule has 0 saturated carbocycles. The van der Waals surface area contributed by atoms with Crippen molar-refractivity contribution in [2.24, 2.45) is 0 Å². The van der Waals surface area contributed by atoms with Crippen LogP contribution < -0.4 is 10.3 Å². The first kappa shape index (κ1) is 19.7. The highest BCUT2D eigenvalue weighted by molar-refractivity contribution is 7.90. The molecule has 2 aromatic carbocycles. The van der Waals surface area contributed by atoms with Crippen molar-refractivity contribution in [3.05, 3.63) is 88.7 Å². The summed E-state index contributed by atoms with van der Waals surface area (Å²) in [5.41, 5.74) is 1.61. The van der Waals surface area contributed by atoms with Crippen molar-refractivity contribution in [1.82, 2.24) is 15.2 Å². The van der Waals surface area contributed by atoms with Crippen molar-refractivity contribution in [3.8, 4) is 17.2 Å². The Morgan fingerprint density at radius 2 is 1.80 bits per heavy atom. The number of nitrogens with zero attached hydrogens (tertiary/aromatic N) is 1. The number of ether oxygens (including phenoxy) is 1. The molecular weight excluding hydrogens is 406 g/mol. The molecule has 0 aliphatic heterocycles. The summed E-state index contributed by atoms with van der Waals surface area (Å²) in [7, 11) is -3.72. The lowest BCUT2D eigenvalue weighted by Gasteiger charge is -2.06. The topological polar surface area (TPSA) is 118 Å². The average Bonchev–Trinajstić information content (AvgIpc) is 3.39. The second kappa shape index (κ2) is 8.42. The molecule has 0 unspecified atom stereocenters. The SMILES string of the molecule is O=c1[nH][nH]cc1S(=O)(=O)Cc1ccc(OCCc2coc(-c3ccccc3)n2)cc1. The van der Waals surface area contributed by atoms with E-state index in [2.05, 4.69) is 15.2 Å². The van der Waals surface area contributed by atoms with Gasteiger partial charge in [-0.25, -0.2) is 13.4 Å². The lowest BCUT2D eigenvalue weighted by Crippen LogP contribution is -2.14. The number of H-pyrrole nitrogens is 2. The Kier molecular flexibility index (Phi) is 5.53. The van der Waals surface area contributed by atoms with Gasteiger partial charge in [0.25, 0.3) is 5.56 Å². The molecule has 0 amide bonds.